The Labute approximate surface area is 193 Å². The number of aliphatic hydroxyl groups excluding tert-OH is 3. The summed E-state index contributed by atoms with van der Waals surface area (Å²) < 4.78 is 0. The van der Waals surface area contributed by atoms with Gasteiger partial charge in [0, 0.05) is 17.5 Å². The fraction of sp³-hybridized carbons (Fsp3) is 0.480. The van der Waals surface area contributed by atoms with E-state index < -0.39 is 29.2 Å². The van der Waals surface area contributed by atoms with Crippen LogP contribution in [0.15, 0.2) is 42.5 Å². The molecule has 1 unspecified atom stereocenters. The highest BCUT2D eigenvalue weighted by atomic mass is 32.2. The Bertz CT molecular complexity index is 906. The number of hydrogen-bond donors (Lipinski definition) is 7. The second-order valence-electron chi connectivity index (χ2n) is 8.91. The molecule has 0 aromatic heterocycles. The number of aliphatic hydroxyl groups is 3. The largest absolute Gasteiger partial charge is 0.390 e. The van der Waals surface area contributed by atoms with Crippen molar-refractivity contribution in [1.29, 1.82) is 5.41 Å². The minimum absolute atomic E-state index is 0.0241. The second kappa shape index (κ2) is 11.2. The standard InChI is InChI=1S/C25H37N3O3S/c1-16-6-11-19(24-23(31)22(30)21(29)15-32(24)2)14-20(16)13-18-9-7-17(8-10-18)5-3-4-12-28-25(26)27/h6-11,14,21-24,29-32H,3-5,12-13,15H2,1-2H3,(H4,26,27,28)/t21-,22-,23-,24+/m1/s1. The zero-order valence-corrected chi connectivity index (χ0v) is 19.9. The SMILES string of the molecule is Cc1ccc([C@H]2[C@H](O)[C@H](O)[C@H](O)C[SH]2C)cc1Cc1ccc(CCCCNC(=N)N)cc1. The van der Waals surface area contributed by atoms with Gasteiger partial charge in [0.25, 0.3) is 0 Å². The summed E-state index contributed by atoms with van der Waals surface area (Å²) in [6, 6.07) is 15.0. The number of thiol groups is 1. The van der Waals surface area contributed by atoms with E-state index in [0.29, 0.717) is 5.75 Å². The van der Waals surface area contributed by atoms with Crippen molar-refractivity contribution in [2.24, 2.45) is 5.73 Å². The molecule has 0 spiro atoms. The van der Waals surface area contributed by atoms with Crippen molar-refractivity contribution in [3.8, 4) is 0 Å². The topological polar surface area (TPSA) is 123 Å². The van der Waals surface area contributed by atoms with Crippen LogP contribution in [0.25, 0.3) is 0 Å². The quantitative estimate of drug-likeness (QED) is 0.141. The average molecular weight is 460 g/mol. The van der Waals surface area contributed by atoms with E-state index in [0.717, 1.165) is 37.8 Å². The summed E-state index contributed by atoms with van der Waals surface area (Å²) in [7, 11) is -0.618. The first-order chi connectivity index (χ1) is 15.3. The third-order valence-electron chi connectivity index (χ3n) is 6.36. The number of nitrogens with two attached hydrogens (primary N) is 1. The van der Waals surface area contributed by atoms with Gasteiger partial charge in [-0.1, -0.05) is 42.5 Å². The van der Waals surface area contributed by atoms with E-state index in [9.17, 15) is 15.3 Å². The molecule has 1 fully saturated rings. The highest BCUT2D eigenvalue weighted by molar-refractivity contribution is 8.16. The van der Waals surface area contributed by atoms with E-state index in [4.69, 9.17) is 11.1 Å². The Balaban J connectivity index is 1.64. The third-order valence-corrected chi connectivity index (χ3v) is 8.86. The van der Waals surface area contributed by atoms with Crippen molar-refractivity contribution in [2.75, 3.05) is 18.6 Å². The number of aryl methyl sites for hydroxylation is 2. The van der Waals surface area contributed by atoms with Crippen LogP contribution >= 0.6 is 10.9 Å². The van der Waals surface area contributed by atoms with Crippen LogP contribution in [0.1, 0.15) is 45.9 Å². The molecule has 7 N–H and O–H groups in total. The van der Waals surface area contributed by atoms with E-state index >= 15 is 0 Å². The second-order valence-corrected chi connectivity index (χ2v) is 11.3. The number of unbranched alkanes of at least 4 members (excludes halogenated alkanes) is 1. The summed E-state index contributed by atoms with van der Waals surface area (Å²) in [5.41, 5.74) is 11.3. The lowest BCUT2D eigenvalue weighted by molar-refractivity contribution is -0.0561. The van der Waals surface area contributed by atoms with Gasteiger partial charge in [-0.25, -0.2) is 10.9 Å². The van der Waals surface area contributed by atoms with Crippen LogP contribution in [-0.4, -0.2) is 58.1 Å². The molecule has 1 heterocycles. The van der Waals surface area contributed by atoms with Gasteiger partial charge in [0.2, 0.25) is 0 Å². The van der Waals surface area contributed by atoms with Crippen molar-refractivity contribution in [2.45, 2.75) is 56.2 Å². The van der Waals surface area contributed by atoms with Gasteiger partial charge in [0.1, 0.15) is 6.10 Å². The van der Waals surface area contributed by atoms with Crippen LogP contribution in [0.3, 0.4) is 0 Å². The zero-order valence-electron chi connectivity index (χ0n) is 19.0. The van der Waals surface area contributed by atoms with Gasteiger partial charge in [0.15, 0.2) is 5.96 Å². The lowest BCUT2D eigenvalue weighted by atomic mass is 9.93. The molecule has 0 saturated carbocycles. The molecule has 6 nitrogen and oxygen atoms in total. The first-order valence-corrected chi connectivity index (χ1v) is 13.3. The molecule has 2 aromatic carbocycles. The molecule has 2 aromatic rings. The van der Waals surface area contributed by atoms with Crippen molar-refractivity contribution in [3.63, 3.8) is 0 Å². The van der Waals surface area contributed by atoms with Crippen LogP contribution in [0.5, 0.6) is 0 Å². The van der Waals surface area contributed by atoms with Crippen LogP contribution in [0.2, 0.25) is 0 Å². The van der Waals surface area contributed by atoms with E-state index in [1.54, 1.807) is 0 Å². The number of hydrogen-bond acceptors (Lipinski definition) is 4. The maximum atomic E-state index is 10.6. The minimum atomic E-state index is -1.09. The summed E-state index contributed by atoms with van der Waals surface area (Å²) in [6.07, 6.45) is 3.07. The van der Waals surface area contributed by atoms with Crippen molar-refractivity contribution >= 4 is 16.9 Å². The Morgan fingerprint density at radius 2 is 1.75 bits per heavy atom. The van der Waals surface area contributed by atoms with Crippen LogP contribution in [0, 0.1) is 12.3 Å². The molecule has 1 saturated heterocycles. The molecular weight excluding hydrogens is 422 g/mol. The predicted molar refractivity (Wildman–Crippen MR) is 134 cm³/mol. The summed E-state index contributed by atoms with van der Waals surface area (Å²) >= 11 is 0. The normalized spacial score (nSPS) is 26.6. The van der Waals surface area contributed by atoms with Crippen LogP contribution < -0.4 is 11.1 Å². The van der Waals surface area contributed by atoms with Crippen LogP contribution in [-0.2, 0) is 12.8 Å². The number of guanidine groups is 1. The Kier molecular flexibility index (Phi) is 8.59. The highest BCUT2D eigenvalue weighted by Gasteiger charge is 2.40. The van der Waals surface area contributed by atoms with Gasteiger partial charge in [-0.2, -0.15) is 0 Å². The molecule has 176 valence electrons. The zero-order chi connectivity index (χ0) is 23.3. The fourth-order valence-electron chi connectivity index (χ4n) is 4.43. The molecule has 3 rings (SSSR count). The van der Waals surface area contributed by atoms with Gasteiger partial charge in [-0.3, -0.25) is 5.41 Å². The van der Waals surface area contributed by atoms with Gasteiger partial charge < -0.3 is 26.4 Å². The van der Waals surface area contributed by atoms with Crippen molar-refractivity contribution in [3.05, 3.63) is 70.3 Å². The smallest absolute Gasteiger partial charge is 0.185 e. The summed E-state index contributed by atoms with van der Waals surface area (Å²) in [5, 5.41) is 40.7. The molecule has 0 aliphatic carbocycles. The molecule has 1 aliphatic heterocycles. The lowest BCUT2D eigenvalue weighted by Crippen LogP contribution is -2.47. The molecule has 0 amide bonds. The van der Waals surface area contributed by atoms with E-state index in [2.05, 4.69) is 61.0 Å². The number of benzene rings is 2. The average Bonchev–Trinajstić information content (AvgIpc) is 2.75. The maximum Gasteiger partial charge on any atom is 0.185 e. The first kappa shape index (κ1) is 24.6. The van der Waals surface area contributed by atoms with Gasteiger partial charge in [-0.15, -0.1) is 0 Å². The number of rotatable bonds is 8. The summed E-state index contributed by atoms with van der Waals surface area (Å²) in [6.45, 7) is 2.84. The van der Waals surface area contributed by atoms with Crippen LogP contribution in [0.4, 0.5) is 0 Å². The molecule has 0 radical (unpaired) electrons. The fourth-order valence-corrected chi connectivity index (χ4v) is 6.83. The monoisotopic (exact) mass is 459 g/mol. The first-order valence-electron chi connectivity index (χ1n) is 11.3. The Hall–Kier alpha value is -2.06. The Morgan fingerprint density at radius 1 is 1.06 bits per heavy atom. The number of nitrogens with one attached hydrogen (secondary N) is 2. The van der Waals surface area contributed by atoms with Gasteiger partial charge in [0.05, 0.1) is 12.2 Å². The predicted octanol–water partition coefficient (Wildman–Crippen LogP) is 2.16. The van der Waals surface area contributed by atoms with E-state index in [1.165, 1.54) is 22.3 Å². The molecule has 1 aliphatic rings. The van der Waals surface area contributed by atoms with E-state index in [1.807, 2.05) is 0 Å². The van der Waals surface area contributed by atoms with Gasteiger partial charge >= 0.3 is 0 Å². The Morgan fingerprint density at radius 3 is 2.44 bits per heavy atom. The highest BCUT2D eigenvalue weighted by Crippen LogP contribution is 2.48. The van der Waals surface area contributed by atoms with Crippen molar-refractivity contribution < 1.29 is 15.3 Å². The molecule has 7 heteroatoms. The lowest BCUT2D eigenvalue weighted by Gasteiger charge is -2.42. The van der Waals surface area contributed by atoms with E-state index in [-0.39, 0.29) is 11.2 Å². The molecule has 0 bridgehead atoms. The summed E-state index contributed by atoms with van der Waals surface area (Å²) in [5.74, 6) is 0.573. The van der Waals surface area contributed by atoms with Gasteiger partial charge in [-0.05, 0) is 66.7 Å². The third kappa shape index (κ3) is 6.25. The maximum absolute atomic E-state index is 10.6. The van der Waals surface area contributed by atoms with Crippen molar-refractivity contribution in [1.82, 2.24) is 5.32 Å². The summed E-state index contributed by atoms with van der Waals surface area (Å²) in [4.78, 5) is 0. The minimum Gasteiger partial charge on any atom is -0.390 e. The molecule has 5 atom stereocenters. The molecule has 32 heavy (non-hydrogen) atoms. The molecular formula is C25H37N3O3S.